The molecule has 0 spiro atoms. The summed E-state index contributed by atoms with van der Waals surface area (Å²) in [7, 11) is 0. The molecule has 0 aliphatic carbocycles. The molecule has 0 bridgehead atoms. The van der Waals surface area contributed by atoms with Crippen molar-refractivity contribution in [1.82, 2.24) is 5.32 Å². The first-order valence-corrected chi connectivity index (χ1v) is 6.36. The Morgan fingerprint density at radius 3 is 2.87 bits per heavy atom. The van der Waals surface area contributed by atoms with Crippen LogP contribution in [0.15, 0.2) is 0 Å². The molecule has 2 heterocycles. The maximum atomic E-state index is 10.9. The fourth-order valence-corrected chi connectivity index (χ4v) is 3.30. The van der Waals surface area contributed by atoms with E-state index in [2.05, 4.69) is 5.32 Å². The van der Waals surface area contributed by atoms with Gasteiger partial charge in [-0.25, -0.2) is 0 Å². The lowest BCUT2D eigenvalue weighted by Crippen LogP contribution is -3.18. The van der Waals surface area contributed by atoms with Crippen molar-refractivity contribution in [3.63, 3.8) is 0 Å². The van der Waals surface area contributed by atoms with Gasteiger partial charge < -0.3 is 10.2 Å². The quantitative estimate of drug-likeness (QED) is 0.661. The van der Waals surface area contributed by atoms with Gasteiger partial charge in [0.2, 0.25) is 5.91 Å². The van der Waals surface area contributed by atoms with Gasteiger partial charge in [-0.05, 0) is 32.1 Å². The number of fused-ring (bicyclic) bond motifs is 1. The summed E-state index contributed by atoms with van der Waals surface area (Å²) in [6, 6.07) is 0.833. The van der Waals surface area contributed by atoms with Gasteiger partial charge in [0.15, 0.2) is 0 Å². The van der Waals surface area contributed by atoms with Gasteiger partial charge in [-0.1, -0.05) is 0 Å². The van der Waals surface area contributed by atoms with Gasteiger partial charge in [0.05, 0.1) is 19.1 Å². The van der Waals surface area contributed by atoms with Gasteiger partial charge in [0, 0.05) is 19.4 Å². The Labute approximate surface area is 92.2 Å². The van der Waals surface area contributed by atoms with Crippen molar-refractivity contribution < 1.29 is 9.69 Å². The van der Waals surface area contributed by atoms with Crippen molar-refractivity contribution in [3.05, 3.63) is 0 Å². The summed E-state index contributed by atoms with van der Waals surface area (Å²) in [5.41, 5.74) is 0. The largest absolute Gasteiger partial charge is 0.356 e. The summed E-state index contributed by atoms with van der Waals surface area (Å²) in [6.07, 6.45) is 6.83. The number of carbonyl (C=O) groups excluding carboxylic acids is 1. The zero-order chi connectivity index (χ0) is 10.7. The van der Waals surface area contributed by atoms with Gasteiger partial charge in [0.25, 0.3) is 0 Å². The fraction of sp³-hybridized carbons (Fsp3) is 0.917. The number of amides is 1. The molecular weight excluding hydrogens is 188 g/mol. The topological polar surface area (TPSA) is 33.5 Å². The molecule has 0 aromatic heterocycles. The molecule has 3 nitrogen and oxygen atoms in total. The van der Waals surface area contributed by atoms with Gasteiger partial charge in [-0.2, -0.15) is 0 Å². The third-order valence-corrected chi connectivity index (χ3v) is 4.04. The normalized spacial score (nSPS) is 35.7. The lowest BCUT2D eigenvalue weighted by molar-refractivity contribution is -0.939. The summed E-state index contributed by atoms with van der Waals surface area (Å²) >= 11 is 0. The minimum absolute atomic E-state index is 0.123. The molecule has 0 saturated carbocycles. The number of piperidine rings is 2. The van der Waals surface area contributed by atoms with Crippen LogP contribution in [0.3, 0.4) is 0 Å². The minimum Gasteiger partial charge on any atom is -0.356 e. The summed E-state index contributed by atoms with van der Waals surface area (Å²) in [4.78, 5) is 12.7. The molecule has 2 aliphatic rings. The number of quaternary nitrogens is 1. The number of hydrogen-bond acceptors (Lipinski definition) is 1. The molecule has 2 rings (SSSR count). The van der Waals surface area contributed by atoms with Crippen LogP contribution in [0.25, 0.3) is 0 Å². The first kappa shape index (κ1) is 10.9. The molecular formula is C12H23N2O+. The Bertz CT molecular complexity index is 228. The molecule has 3 heteroatoms. The number of nitrogens with one attached hydrogen (secondary N) is 2. The van der Waals surface area contributed by atoms with E-state index in [1.165, 1.54) is 45.2 Å². The lowest BCUT2D eigenvalue weighted by atomic mass is 9.83. The first-order chi connectivity index (χ1) is 7.27. The molecule has 1 amide bonds. The van der Waals surface area contributed by atoms with E-state index in [-0.39, 0.29) is 5.91 Å². The van der Waals surface area contributed by atoms with Gasteiger partial charge in [-0.3, -0.25) is 4.79 Å². The third kappa shape index (κ3) is 2.71. The van der Waals surface area contributed by atoms with Crippen molar-refractivity contribution in [2.45, 2.75) is 45.1 Å². The second kappa shape index (κ2) is 4.97. The van der Waals surface area contributed by atoms with Gasteiger partial charge in [0.1, 0.15) is 0 Å². The van der Waals surface area contributed by atoms with Crippen LogP contribution in [0, 0.1) is 5.92 Å². The van der Waals surface area contributed by atoms with Crippen molar-refractivity contribution in [2.24, 2.45) is 5.92 Å². The Hall–Kier alpha value is -0.570. The van der Waals surface area contributed by atoms with Crippen LogP contribution in [0.2, 0.25) is 0 Å². The SMILES string of the molecule is CC(=O)NC[C@@H]1CCC[NH+]2CCCC[C@H]12. The summed E-state index contributed by atoms with van der Waals surface area (Å²) < 4.78 is 0. The van der Waals surface area contributed by atoms with Gasteiger partial charge in [-0.15, -0.1) is 0 Å². The van der Waals surface area contributed by atoms with E-state index in [4.69, 9.17) is 0 Å². The zero-order valence-electron chi connectivity index (χ0n) is 9.72. The van der Waals surface area contributed by atoms with Crippen molar-refractivity contribution in [1.29, 1.82) is 0 Å². The second-order valence-electron chi connectivity index (χ2n) is 5.10. The Morgan fingerprint density at radius 1 is 1.27 bits per heavy atom. The molecule has 15 heavy (non-hydrogen) atoms. The van der Waals surface area contributed by atoms with E-state index in [1.807, 2.05) is 4.90 Å². The Balaban J connectivity index is 1.88. The molecule has 2 aliphatic heterocycles. The number of carbonyl (C=O) groups is 1. The van der Waals surface area contributed by atoms with Crippen LogP contribution in [-0.4, -0.2) is 31.6 Å². The van der Waals surface area contributed by atoms with Gasteiger partial charge >= 0.3 is 0 Å². The molecule has 2 saturated heterocycles. The van der Waals surface area contributed by atoms with E-state index >= 15 is 0 Å². The summed E-state index contributed by atoms with van der Waals surface area (Å²) in [5.74, 6) is 0.857. The van der Waals surface area contributed by atoms with Crippen molar-refractivity contribution in [2.75, 3.05) is 19.6 Å². The molecule has 2 N–H and O–H groups in total. The Kier molecular flexibility index (Phi) is 3.62. The highest BCUT2D eigenvalue weighted by atomic mass is 16.1. The average Bonchev–Trinajstić information content (AvgIpc) is 2.26. The maximum absolute atomic E-state index is 10.9. The molecule has 86 valence electrons. The van der Waals surface area contributed by atoms with Crippen molar-refractivity contribution >= 4 is 5.91 Å². The highest BCUT2D eigenvalue weighted by Crippen LogP contribution is 2.19. The predicted octanol–water partition coefficient (Wildman–Crippen LogP) is -0.0301. The molecule has 3 atom stereocenters. The van der Waals surface area contributed by atoms with E-state index in [0.29, 0.717) is 0 Å². The predicted molar refractivity (Wildman–Crippen MR) is 59.7 cm³/mol. The molecule has 2 fully saturated rings. The van der Waals surface area contributed by atoms with Crippen molar-refractivity contribution in [3.8, 4) is 0 Å². The van der Waals surface area contributed by atoms with E-state index < -0.39 is 0 Å². The second-order valence-corrected chi connectivity index (χ2v) is 5.10. The zero-order valence-corrected chi connectivity index (χ0v) is 9.72. The van der Waals surface area contributed by atoms with Crippen LogP contribution >= 0.6 is 0 Å². The maximum Gasteiger partial charge on any atom is 0.216 e. The van der Waals surface area contributed by atoms with E-state index in [1.54, 1.807) is 6.92 Å². The minimum atomic E-state index is 0.123. The van der Waals surface area contributed by atoms with Crippen LogP contribution in [0.4, 0.5) is 0 Å². The van der Waals surface area contributed by atoms with Crippen LogP contribution in [0.5, 0.6) is 0 Å². The van der Waals surface area contributed by atoms with E-state index in [0.717, 1.165) is 18.5 Å². The summed E-state index contributed by atoms with van der Waals surface area (Å²) in [5, 5.41) is 3.00. The average molecular weight is 211 g/mol. The molecule has 0 aromatic carbocycles. The molecule has 0 aromatic rings. The number of rotatable bonds is 2. The van der Waals surface area contributed by atoms with Crippen LogP contribution < -0.4 is 10.2 Å². The van der Waals surface area contributed by atoms with Crippen LogP contribution in [0.1, 0.15) is 39.0 Å². The Morgan fingerprint density at radius 2 is 2.07 bits per heavy atom. The highest BCUT2D eigenvalue weighted by molar-refractivity contribution is 5.72. The lowest BCUT2D eigenvalue weighted by Gasteiger charge is -2.41. The van der Waals surface area contributed by atoms with Crippen LogP contribution in [-0.2, 0) is 4.79 Å². The fourth-order valence-electron chi connectivity index (χ4n) is 3.30. The smallest absolute Gasteiger partial charge is 0.216 e. The summed E-state index contributed by atoms with van der Waals surface area (Å²) in [6.45, 7) is 5.25. The highest BCUT2D eigenvalue weighted by Gasteiger charge is 2.36. The molecule has 1 unspecified atom stereocenters. The third-order valence-electron chi connectivity index (χ3n) is 4.04. The number of hydrogen-bond donors (Lipinski definition) is 2. The first-order valence-electron chi connectivity index (χ1n) is 6.36. The standard InChI is InChI=1S/C12H22N2O/c1-10(15)13-9-11-5-4-8-14-7-3-2-6-12(11)14/h11-12H,2-9H2,1H3,(H,13,15)/p+1/t11-,12+/m0/s1. The monoisotopic (exact) mass is 211 g/mol. The van der Waals surface area contributed by atoms with E-state index in [9.17, 15) is 4.79 Å². The molecule has 0 radical (unpaired) electrons.